The van der Waals surface area contributed by atoms with Gasteiger partial charge in [-0.05, 0) is 62.2 Å². The minimum Gasteiger partial charge on any atom is -0.434 e. The molecule has 0 radical (unpaired) electrons. The number of carbonyl (C=O) groups is 3. The lowest BCUT2D eigenvalue weighted by Gasteiger charge is -2.32. The minimum absolute atomic E-state index is 0.0409. The third kappa shape index (κ3) is 6.12. The van der Waals surface area contributed by atoms with Crippen LogP contribution in [0.1, 0.15) is 40.5 Å². The molecule has 1 fully saturated rings. The molecule has 2 amide bonds. The molecule has 1 saturated heterocycles. The summed E-state index contributed by atoms with van der Waals surface area (Å²) in [6.07, 6.45) is 0.494. The molecule has 2 aromatic carbocycles. The van der Waals surface area contributed by atoms with Gasteiger partial charge in [0.05, 0.1) is 16.7 Å². The summed E-state index contributed by atoms with van der Waals surface area (Å²) in [6, 6.07) is 11.0. The first-order chi connectivity index (χ1) is 14.9. The summed E-state index contributed by atoms with van der Waals surface area (Å²) in [4.78, 5) is 38.2. The fraction of sp³-hybridized carbons (Fsp3) is 0.318. The lowest BCUT2D eigenvalue weighted by Crippen LogP contribution is -2.46. The van der Waals surface area contributed by atoms with E-state index in [1.54, 1.807) is 42.2 Å². The van der Waals surface area contributed by atoms with Crippen molar-refractivity contribution >= 4 is 41.2 Å². The highest BCUT2D eigenvalue weighted by molar-refractivity contribution is 6.42. The van der Waals surface area contributed by atoms with E-state index in [0.717, 1.165) is 0 Å². The van der Waals surface area contributed by atoms with E-state index < -0.39 is 6.16 Å². The zero-order chi connectivity index (χ0) is 22.4. The molecule has 0 saturated carbocycles. The first-order valence-corrected chi connectivity index (χ1v) is 10.6. The minimum atomic E-state index is -0.790. The molecule has 0 aliphatic carbocycles. The molecule has 1 aliphatic heterocycles. The van der Waals surface area contributed by atoms with Crippen LogP contribution in [0.3, 0.4) is 0 Å². The maximum atomic E-state index is 12.7. The Morgan fingerprint density at radius 2 is 1.65 bits per heavy atom. The van der Waals surface area contributed by atoms with Crippen molar-refractivity contribution in [1.29, 1.82) is 0 Å². The number of hydrogen-bond acceptors (Lipinski definition) is 5. The second-order valence-corrected chi connectivity index (χ2v) is 7.79. The highest BCUT2D eigenvalue weighted by atomic mass is 35.5. The van der Waals surface area contributed by atoms with Gasteiger partial charge < -0.3 is 19.7 Å². The number of nitrogens with zero attached hydrogens (tertiary/aromatic N) is 1. The van der Waals surface area contributed by atoms with Crippen molar-refractivity contribution < 1.29 is 23.9 Å². The Kier molecular flexibility index (Phi) is 7.76. The van der Waals surface area contributed by atoms with Crippen LogP contribution in [0.5, 0.6) is 5.75 Å². The van der Waals surface area contributed by atoms with Crippen molar-refractivity contribution in [2.75, 3.05) is 19.7 Å². The van der Waals surface area contributed by atoms with E-state index in [4.69, 9.17) is 32.7 Å². The van der Waals surface area contributed by atoms with E-state index >= 15 is 0 Å². The average molecular weight is 465 g/mol. The molecule has 3 rings (SSSR count). The quantitative estimate of drug-likeness (QED) is 0.517. The maximum absolute atomic E-state index is 12.7. The molecule has 0 aromatic heterocycles. The zero-order valence-electron chi connectivity index (χ0n) is 16.9. The van der Waals surface area contributed by atoms with E-state index in [1.165, 1.54) is 12.1 Å². The number of halogens is 2. The standard InChI is InChI=1S/C22H22Cl2N2O5/c1-2-30-22(29)31-17-6-3-14(4-7-17)20(27)25-16-9-11-26(12-10-16)21(28)15-5-8-18(23)19(24)13-15/h3-8,13,16H,2,9-12H2,1H3,(H,25,27). The maximum Gasteiger partial charge on any atom is 0.513 e. The number of benzene rings is 2. The Morgan fingerprint density at radius 3 is 2.26 bits per heavy atom. The fourth-order valence-electron chi connectivity index (χ4n) is 3.23. The van der Waals surface area contributed by atoms with E-state index in [1.807, 2.05) is 0 Å². The Balaban J connectivity index is 1.50. The van der Waals surface area contributed by atoms with Crippen molar-refractivity contribution in [2.45, 2.75) is 25.8 Å². The number of piperidine rings is 1. The number of likely N-dealkylation sites (tertiary alicyclic amines) is 1. The predicted octanol–water partition coefficient (Wildman–Crippen LogP) is 4.56. The van der Waals surface area contributed by atoms with Gasteiger partial charge in [0, 0.05) is 30.3 Å². The highest BCUT2D eigenvalue weighted by Gasteiger charge is 2.25. The van der Waals surface area contributed by atoms with Crippen LogP contribution in [0.2, 0.25) is 10.0 Å². The second kappa shape index (κ2) is 10.5. The SMILES string of the molecule is CCOC(=O)Oc1ccc(C(=O)NC2CCN(C(=O)c3ccc(Cl)c(Cl)c3)CC2)cc1. The monoisotopic (exact) mass is 464 g/mol. The van der Waals surface area contributed by atoms with Crippen LogP contribution in [0, 0.1) is 0 Å². The van der Waals surface area contributed by atoms with Gasteiger partial charge in [-0.25, -0.2) is 4.79 Å². The second-order valence-electron chi connectivity index (χ2n) is 6.98. The third-order valence-electron chi connectivity index (χ3n) is 4.86. The van der Waals surface area contributed by atoms with Gasteiger partial charge in [-0.2, -0.15) is 0 Å². The Labute approximate surface area is 190 Å². The van der Waals surface area contributed by atoms with Gasteiger partial charge in [-0.1, -0.05) is 23.2 Å². The number of ether oxygens (including phenoxy) is 2. The summed E-state index contributed by atoms with van der Waals surface area (Å²) in [5.41, 5.74) is 0.938. The molecule has 9 heteroatoms. The van der Waals surface area contributed by atoms with Crippen LogP contribution in [0.15, 0.2) is 42.5 Å². The fourth-order valence-corrected chi connectivity index (χ4v) is 3.52. The molecule has 2 aromatic rings. The van der Waals surface area contributed by atoms with Crippen LogP contribution in [0.25, 0.3) is 0 Å². The Morgan fingerprint density at radius 1 is 1.00 bits per heavy atom. The normalized spacial score (nSPS) is 14.1. The van der Waals surface area contributed by atoms with Crippen LogP contribution >= 0.6 is 23.2 Å². The molecule has 0 bridgehead atoms. The summed E-state index contributed by atoms with van der Waals surface area (Å²) >= 11 is 11.9. The number of nitrogens with one attached hydrogen (secondary N) is 1. The summed E-state index contributed by atoms with van der Waals surface area (Å²) in [5.74, 6) is -0.0402. The smallest absolute Gasteiger partial charge is 0.434 e. The van der Waals surface area contributed by atoms with E-state index in [9.17, 15) is 14.4 Å². The number of rotatable bonds is 5. The van der Waals surface area contributed by atoms with Gasteiger partial charge >= 0.3 is 6.16 Å². The summed E-state index contributed by atoms with van der Waals surface area (Å²) in [7, 11) is 0. The number of carbonyl (C=O) groups excluding carboxylic acids is 3. The van der Waals surface area contributed by atoms with Crippen LogP contribution < -0.4 is 10.1 Å². The van der Waals surface area contributed by atoms with E-state index in [2.05, 4.69) is 5.32 Å². The molecule has 0 unspecified atom stereocenters. The van der Waals surface area contributed by atoms with Gasteiger partial charge in [-0.3, -0.25) is 9.59 Å². The summed E-state index contributed by atoms with van der Waals surface area (Å²) in [6.45, 7) is 2.95. The third-order valence-corrected chi connectivity index (χ3v) is 5.60. The molecule has 1 aliphatic rings. The molecule has 31 heavy (non-hydrogen) atoms. The van der Waals surface area contributed by atoms with Crippen molar-refractivity contribution in [3.8, 4) is 5.75 Å². The molecule has 0 spiro atoms. The van der Waals surface area contributed by atoms with Gasteiger partial charge in [-0.15, -0.1) is 0 Å². The molecule has 1 N–H and O–H groups in total. The van der Waals surface area contributed by atoms with Crippen LogP contribution in [-0.4, -0.2) is 48.6 Å². The first-order valence-electron chi connectivity index (χ1n) is 9.87. The van der Waals surface area contributed by atoms with Gasteiger partial charge in [0.25, 0.3) is 11.8 Å². The van der Waals surface area contributed by atoms with Crippen molar-refractivity contribution in [3.05, 3.63) is 63.6 Å². The Bertz CT molecular complexity index is 957. The number of hydrogen-bond donors (Lipinski definition) is 1. The molecule has 7 nitrogen and oxygen atoms in total. The highest BCUT2D eigenvalue weighted by Crippen LogP contribution is 2.24. The first kappa shape index (κ1) is 22.9. The van der Waals surface area contributed by atoms with E-state index in [0.29, 0.717) is 52.9 Å². The topological polar surface area (TPSA) is 84.9 Å². The lowest BCUT2D eigenvalue weighted by atomic mass is 10.0. The van der Waals surface area contributed by atoms with Gasteiger partial charge in [0.1, 0.15) is 5.75 Å². The van der Waals surface area contributed by atoms with Crippen molar-refractivity contribution in [1.82, 2.24) is 10.2 Å². The Hall–Kier alpha value is -2.77. The molecule has 164 valence electrons. The molecule has 1 heterocycles. The predicted molar refractivity (Wildman–Crippen MR) is 117 cm³/mol. The van der Waals surface area contributed by atoms with Gasteiger partial charge in [0.15, 0.2) is 0 Å². The van der Waals surface area contributed by atoms with Gasteiger partial charge in [0.2, 0.25) is 0 Å². The lowest BCUT2D eigenvalue weighted by molar-refractivity contribution is 0.0698. The van der Waals surface area contributed by atoms with Crippen molar-refractivity contribution in [2.24, 2.45) is 0 Å². The largest absolute Gasteiger partial charge is 0.513 e. The van der Waals surface area contributed by atoms with Crippen LogP contribution in [-0.2, 0) is 4.74 Å². The average Bonchev–Trinajstić information content (AvgIpc) is 2.76. The summed E-state index contributed by atoms with van der Waals surface area (Å²) < 4.78 is 9.69. The van der Waals surface area contributed by atoms with Crippen molar-refractivity contribution in [3.63, 3.8) is 0 Å². The van der Waals surface area contributed by atoms with Crippen LogP contribution in [0.4, 0.5) is 4.79 Å². The molecule has 0 atom stereocenters. The number of amides is 2. The van der Waals surface area contributed by atoms with E-state index in [-0.39, 0.29) is 24.5 Å². The molecular formula is C22H22Cl2N2O5. The molecular weight excluding hydrogens is 443 g/mol. The zero-order valence-corrected chi connectivity index (χ0v) is 18.4. The summed E-state index contributed by atoms with van der Waals surface area (Å²) in [5, 5.41) is 3.73.